The molecule has 5 nitrogen and oxygen atoms in total. The first-order chi connectivity index (χ1) is 11.7. The van der Waals surface area contributed by atoms with E-state index < -0.39 is 0 Å². The monoisotopic (exact) mass is 323 g/mol. The van der Waals surface area contributed by atoms with E-state index >= 15 is 0 Å². The quantitative estimate of drug-likeness (QED) is 0.609. The van der Waals surface area contributed by atoms with Crippen molar-refractivity contribution in [3.05, 3.63) is 53.8 Å². The third-order valence-electron chi connectivity index (χ3n) is 3.92. The van der Waals surface area contributed by atoms with Gasteiger partial charge in [-0.1, -0.05) is 12.1 Å². The van der Waals surface area contributed by atoms with Crippen LogP contribution >= 0.6 is 0 Å². The third kappa shape index (κ3) is 2.32. The Morgan fingerprint density at radius 1 is 1.08 bits per heavy atom. The number of aromatic nitrogens is 3. The fourth-order valence-electron chi connectivity index (χ4n) is 2.65. The Morgan fingerprint density at radius 2 is 1.92 bits per heavy atom. The molecule has 0 aliphatic heterocycles. The average molecular weight is 323 g/mol. The Morgan fingerprint density at radius 3 is 2.75 bits per heavy atom. The van der Waals surface area contributed by atoms with E-state index in [9.17, 15) is 4.39 Å². The van der Waals surface area contributed by atoms with E-state index in [1.165, 1.54) is 6.07 Å². The van der Waals surface area contributed by atoms with Crippen LogP contribution in [0.15, 0.2) is 46.9 Å². The minimum atomic E-state index is -0.261. The summed E-state index contributed by atoms with van der Waals surface area (Å²) in [6.07, 6.45) is 0. The summed E-state index contributed by atoms with van der Waals surface area (Å²) in [6.45, 7) is 1.70. The SMILES string of the molecule is COc1cccc(-c2n[nH]nc2-c2cc3cc(F)c(C)cc3o2)c1. The largest absolute Gasteiger partial charge is 0.497 e. The van der Waals surface area contributed by atoms with Crippen LogP contribution in [0.25, 0.3) is 33.7 Å². The molecule has 1 N–H and O–H groups in total. The second-order valence-electron chi connectivity index (χ2n) is 5.50. The fraction of sp³-hybridized carbons (Fsp3) is 0.111. The molecule has 2 heterocycles. The van der Waals surface area contributed by atoms with E-state index in [-0.39, 0.29) is 5.82 Å². The molecule has 4 rings (SSSR count). The Kier molecular flexibility index (Phi) is 3.30. The molecule has 2 aromatic carbocycles. The van der Waals surface area contributed by atoms with Gasteiger partial charge in [-0.05, 0) is 42.8 Å². The number of hydrogen-bond donors (Lipinski definition) is 1. The minimum absolute atomic E-state index is 0.261. The molecule has 6 heteroatoms. The van der Waals surface area contributed by atoms with Crippen molar-refractivity contribution in [2.24, 2.45) is 0 Å². The zero-order valence-corrected chi connectivity index (χ0v) is 13.1. The molecule has 0 bridgehead atoms. The highest BCUT2D eigenvalue weighted by molar-refractivity contribution is 5.86. The van der Waals surface area contributed by atoms with E-state index in [4.69, 9.17) is 9.15 Å². The van der Waals surface area contributed by atoms with Crippen LogP contribution in [0.2, 0.25) is 0 Å². The molecule has 4 aromatic rings. The minimum Gasteiger partial charge on any atom is -0.497 e. The van der Waals surface area contributed by atoms with Gasteiger partial charge >= 0.3 is 0 Å². The summed E-state index contributed by atoms with van der Waals surface area (Å²) >= 11 is 0. The van der Waals surface area contributed by atoms with E-state index in [1.807, 2.05) is 24.3 Å². The second-order valence-corrected chi connectivity index (χ2v) is 5.50. The summed E-state index contributed by atoms with van der Waals surface area (Å²) < 4.78 is 24.8. The Balaban J connectivity index is 1.85. The number of ether oxygens (including phenoxy) is 1. The number of rotatable bonds is 3. The van der Waals surface area contributed by atoms with Gasteiger partial charge < -0.3 is 9.15 Å². The van der Waals surface area contributed by atoms with Gasteiger partial charge in [0, 0.05) is 10.9 Å². The molecular weight excluding hydrogens is 309 g/mol. The first kappa shape index (κ1) is 14.4. The van der Waals surface area contributed by atoms with Crippen LogP contribution in [0.3, 0.4) is 0 Å². The Hall–Kier alpha value is -3.15. The fourth-order valence-corrected chi connectivity index (χ4v) is 2.65. The molecule has 2 aromatic heterocycles. The predicted molar refractivity (Wildman–Crippen MR) is 88.3 cm³/mol. The molecule has 0 aliphatic carbocycles. The van der Waals surface area contributed by atoms with Crippen molar-refractivity contribution in [3.63, 3.8) is 0 Å². The lowest BCUT2D eigenvalue weighted by molar-refractivity contribution is 0.415. The maximum absolute atomic E-state index is 13.7. The van der Waals surface area contributed by atoms with Crippen LogP contribution < -0.4 is 4.74 Å². The van der Waals surface area contributed by atoms with Gasteiger partial charge in [0.25, 0.3) is 0 Å². The van der Waals surface area contributed by atoms with Crippen molar-refractivity contribution in [1.82, 2.24) is 15.4 Å². The number of H-pyrrole nitrogens is 1. The first-order valence-electron chi connectivity index (χ1n) is 7.41. The third-order valence-corrected chi connectivity index (χ3v) is 3.92. The molecule has 0 amide bonds. The van der Waals surface area contributed by atoms with Crippen molar-refractivity contribution in [2.45, 2.75) is 6.92 Å². The van der Waals surface area contributed by atoms with Gasteiger partial charge in [-0.15, -0.1) is 0 Å². The van der Waals surface area contributed by atoms with Crippen molar-refractivity contribution in [2.75, 3.05) is 7.11 Å². The number of benzene rings is 2. The topological polar surface area (TPSA) is 63.9 Å². The molecule has 0 spiro atoms. The van der Waals surface area contributed by atoms with E-state index in [1.54, 1.807) is 26.2 Å². The highest BCUT2D eigenvalue weighted by Gasteiger charge is 2.17. The molecule has 120 valence electrons. The van der Waals surface area contributed by atoms with Gasteiger partial charge in [-0.2, -0.15) is 15.4 Å². The van der Waals surface area contributed by atoms with Gasteiger partial charge in [0.05, 0.1) is 7.11 Å². The normalized spacial score (nSPS) is 11.1. The summed E-state index contributed by atoms with van der Waals surface area (Å²) in [7, 11) is 1.61. The maximum Gasteiger partial charge on any atom is 0.158 e. The molecule has 0 aliphatic rings. The van der Waals surface area contributed by atoms with Gasteiger partial charge in [-0.25, -0.2) is 4.39 Å². The molecule has 0 saturated carbocycles. The summed E-state index contributed by atoms with van der Waals surface area (Å²) in [5.74, 6) is 0.994. The van der Waals surface area contributed by atoms with Crippen molar-refractivity contribution in [3.8, 4) is 28.5 Å². The Labute approximate surface area is 137 Å². The molecule has 0 unspecified atom stereocenters. The van der Waals surface area contributed by atoms with Crippen LogP contribution in [-0.4, -0.2) is 22.5 Å². The van der Waals surface area contributed by atoms with Crippen LogP contribution in [0, 0.1) is 12.7 Å². The number of halogens is 1. The molecule has 24 heavy (non-hydrogen) atoms. The lowest BCUT2D eigenvalue weighted by atomic mass is 10.1. The van der Waals surface area contributed by atoms with Gasteiger partial charge in [0.2, 0.25) is 0 Å². The smallest absolute Gasteiger partial charge is 0.158 e. The number of hydrogen-bond acceptors (Lipinski definition) is 4. The number of furan rings is 1. The van der Waals surface area contributed by atoms with Gasteiger partial charge in [-0.3, -0.25) is 0 Å². The summed E-state index contributed by atoms with van der Waals surface area (Å²) in [4.78, 5) is 0. The van der Waals surface area contributed by atoms with E-state index in [0.717, 1.165) is 11.3 Å². The predicted octanol–water partition coefficient (Wildman–Crippen LogP) is 4.34. The van der Waals surface area contributed by atoms with Crippen LogP contribution in [0.1, 0.15) is 5.56 Å². The van der Waals surface area contributed by atoms with Crippen molar-refractivity contribution < 1.29 is 13.5 Å². The van der Waals surface area contributed by atoms with Crippen LogP contribution in [-0.2, 0) is 0 Å². The molecule has 0 atom stereocenters. The summed E-state index contributed by atoms with van der Waals surface area (Å²) in [5, 5.41) is 11.7. The number of nitrogens with zero attached hydrogens (tertiary/aromatic N) is 2. The number of aromatic amines is 1. The molecule has 0 radical (unpaired) electrons. The standard InChI is InChI=1S/C18H14FN3O2/c1-10-6-15-12(8-14(10)19)9-16(24-15)18-17(20-22-21-18)11-4-3-5-13(7-11)23-2/h3-9H,1-2H3,(H,20,21,22). The van der Waals surface area contributed by atoms with Gasteiger partial charge in [0.1, 0.15) is 22.8 Å². The molecular formula is C18H14FN3O2. The highest BCUT2D eigenvalue weighted by Crippen LogP contribution is 2.34. The lowest BCUT2D eigenvalue weighted by Crippen LogP contribution is -1.85. The zero-order valence-electron chi connectivity index (χ0n) is 13.1. The van der Waals surface area contributed by atoms with Crippen molar-refractivity contribution >= 4 is 11.0 Å². The highest BCUT2D eigenvalue weighted by atomic mass is 19.1. The van der Waals surface area contributed by atoms with Crippen molar-refractivity contribution in [1.29, 1.82) is 0 Å². The number of fused-ring (bicyclic) bond motifs is 1. The zero-order chi connectivity index (χ0) is 16.7. The van der Waals surface area contributed by atoms with E-state index in [0.29, 0.717) is 33.7 Å². The first-order valence-corrected chi connectivity index (χ1v) is 7.41. The molecule has 0 fully saturated rings. The maximum atomic E-state index is 13.7. The number of aryl methyl sites for hydroxylation is 1. The summed E-state index contributed by atoms with van der Waals surface area (Å²) in [5.41, 5.74) is 3.21. The second kappa shape index (κ2) is 5.49. The Bertz CT molecular complexity index is 997. The molecule has 0 saturated heterocycles. The van der Waals surface area contributed by atoms with E-state index in [2.05, 4.69) is 15.4 Å². The van der Waals surface area contributed by atoms with Crippen LogP contribution in [0.4, 0.5) is 4.39 Å². The average Bonchev–Trinajstić information content (AvgIpc) is 3.22. The van der Waals surface area contributed by atoms with Crippen LogP contribution in [0.5, 0.6) is 5.75 Å². The van der Waals surface area contributed by atoms with Gasteiger partial charge in [0.15, 0.2) is 11.5 Å². The lowest BCUT2D eigenvalue weighted by Gasteiger charge is -2.02. The number of methoxy groups -OCH3 is 1. The summed E-state index contributed by atoms with van der Waals surface area (Å²) in [6, 6.07) is 12.4. The number of nitrogens with one attached hydrogen (secondary N) is 1.